The molecule has 0 spiro atoms. The molecule has 2 amide bonds. The Bertz CT molecular complexity index is 1250. The highest BCUT2D eigenvalue weighted by Gasteiger charge is 2.13. The van der Waals surface area contributed by atoms with E-state index in [9.17, 15) is 27.0 Å². The van der Waals surface area contributed by atoms with E-state index >= 15 is 0 Å². The molecule has 0 aliphatic heterocycles. The number of hydrogen-bond donors (Lipinski definition) is 4. The molecule has 1 atom stereocenters. The van der Waals surface area contributed by atoms with Crippen LogP contribution < -0.4 is 21.5 Å². The number of aromatic nitrogens is 2. The second-order valence-electron chi connectivity index (χ2n) is 7.30. The number of urea groups is 1. The van der Waals surface area contributed by atoms with Crippen LogP contribution in [0.5, 0.6) is 0 Å². The Hall–Kier alpha value is -3.51. The minimum Gasteiger partial charge on any atom is -0.313 e. The molecule has 0 saturated heterocycles. The fourth-order valence-corrected chi connectivity index (χ4v) is 3.53. The molecule has 34 heavy (non-hydrogen) atoms. The molecule has 0 aliphatic rings. The summed E-state index contributed by atoms with van der Waals surface area (Å²) in [6, 6.07) is 7.02. The molecule has 3 aromatic rings. The standard InChI is InChI=1S/C22H22F3N5O3S/c1-34(33)8-2-7-26-11-13-3-5-14(6-4-13)15-12-27-21(29-20(15)31)30-22(32)28-19-10-17(24)16(23)9-18(19)25/h3-6,9-10,12,26H,2,7-8,11H2,1H3,(H3,27,28,29,30,31,32). The molecule has 0 radical (unpaired) electrons. The molecule has 1 aromatic heterocycles. The van der Waals surface area contributed by atoms with Gasteiger partial charge in [0.15, 0.2) is 11.6 Å². The van der Waals surface area contributed by atoms with E-state index in [0.717, 1.165) is 18.5 Å². The van der Waals surface area contributed by atoms with Gasteiger partial charge in [-0.25, -0.2) is 22.9 Å². The Morgan fingerprint density at radius 3 is 2.44 bits per heavy atom. The lowest BCUT2D eigenvalue weighted by Crippen LogP contribution is -2.24. The number of hydrogen-bond acceptors (Lipinski definition) is 5. The minimum atomic E-state index is -1.39. The van der Waals surface area contributed by atoms with Gasteiger partial charge in [-0.1, -0.05) is 24.3 Å². The van der Waals surface area contributed by atoms with Gasteiger partial charge in [-0.15, -0.1) is 0 Å². The van der Waals surface area contributed by atoms with E-state index in [1.54, 1.807) is 18.4 Å². The SMILES string of the molecule is CS(=O)CCCNCc1ccc(-c2cnc(NC(=O)Nc3cc(F)c(F)cc3F)[nH]c2=O)cc1. The van der Waals surface area contributed by atoms with Crippen LogP contribution in [0.15, 0.2) is 47.4 Å². The first-order chi connectivity index (χ1) is 16.2. The van der Waals surface area contributed by atoms with Crippen LogP contribution in [-0.4, -0.2) is 38.8 Å². The lowest BCUT2D eigenvalue weighted by molar-refractivity contribution is 0.262. The molecule has 0 fully saturated rings. The topological polar surface area (TPSA) is 116 Å². The van der Waals surface area contributed by atoms with Gasteiger partial charge in [-0.05, 0) is 24.1 Å². The molecule has 12 heteroatoms. The van der Waals surface area contributed by atoms with E-state index in [1.807, 2.05) is 17.4 Å². The van der Waals surface area contributed by atoms with Crippen LogP contribution in [0.4, 0.5) is 29.6 Å². The summed E-state index contributed by atoms with van der Waals surface area (Å²) >= 11 is 0. The number of aromatic amines is 1. The largest absolute Gasteiger partial charge is 0.326 e. The maximum atomic E-state index is 13.7. The number of benzene rings is 2. The molecule has 0 aliphatic carbocycles. The maximum Gasteiger partial charge on any atom is 0.326 e. The number of anilines is 2. The van der Waals surface area contributed by atoms with E-state index < -0.39 is 45.5 Å². The number of rotatable bonds is 9. The fraction of sp³-hybridized carbons (Fsp3) is 0.227. The number of halogens is 3. The Balaban J connectivity index is 1.59. The molecule has 0 bridgehead atoms. The zero-order chi connectivity index (χ0) is 24.7. The summed E-state index contributed by atoms with van der Waals surface area (Å²) in [5.41, 5.74) is 0.777. The van der Waals surface area contributed by atoms with E-state index in [1.165, 1.54) is 6.20 Å². The second-order valence-corrected chi connectivity index (χ2v) is 8.86. The van der Waals surface area contributed by atoms with Gasteiger partial charge in [-0.3, -0.25) is 19.3 Å². The summed E-state index contributed by atoms with van der Waals surface area (Å²) in [4.78, 5) is 30.8. The summed E-state index contributed by atoms with van der Waals surface area (Å²) < 4.78 is 50.9. The molecule has 1 unspecified atom stereocenters. The van der Waals surface area contributed by atoms with Crippen LogP contribution in [0.2, 0.25) is 0 Å². The van der Waals surface area contributed by atoms with Crippen molar-refractivity contribution >= 4 is 28.5 Å². The predicted molar refractivity (Wildman–Crippen MR) is 125 cm³/mol. The molecule has 180 valence electrons. The molecule has 2 aromatic carbocycles. The summed E-state index contributed by atoms with van der Waals surface area (Å²) in [5, 5.41) is 7.46. The lowest BCUT2D eigenvalue weighted by Gasteiger charge is -2.09. The Morgan fingerprint density at radius 1 is 1.06 bits per heavy atom. The van der Waals surface area contributed by atoms with Crippen molar-refractivity contribution in [2.24, 2.45) is 0 Å². The Kier molecular flexibility index (Phi) is 8.55. The van der Waals surface area contributed by atoms with Gasteiger partial charge in [-0.2, -0.15) is 0 Å². The van der Waals surface area contributed by atoms with Crippen molar-refractivity contribution in [3.8, 4) is 11.1 Å². The third-order valence-electron chi connectivity index (χ3n) is 4.67. The van der Waals surface area contributed by atoms with Crippen LogP contribution in [-0.2, 0) is 17.3 Å². The number of nitrogens with zero attached hydrogens (tertiary/aromatic N) is 1. The third-order valence-corrected chi connectivity index (χ3v) is 5.53. The van der Waals surface area contributed by atoms with Crippen molar-refractivity contribution in [3.05, 3.63) is 76.0 Å². The highest BCUT2D eigenvalue weighted by molar-refractivity contribution is 7.84. The van der Waals surface area contributed by atoms with Crippen LogP contribution >= 0.6 is 0 Å². The molecule has 4 N–H and O–H groups in total. The first-order valence-corrected chi connectivity index (χ1v) is 11.9. The zero-order valence-electron chi connectivity index (χ0n) is 18.1. The Labute approximate surface area is 195 Å². The summed E-state index contributed by atoms with van der Waals surface area (Å²) in [6.07, 6.45) is 3.76. The molecular formula is C22H22F3N5O3S. The molecular weight excluding hydrogens is 471 g/mol. The number of amides is 2. The van der Waals surface area contributed by atoms with Crippen molar-refractivity contribution in [1.82, 2.24) is 15.3 Å². The number of H-pyrrole nitrogens is 1. The first kappa shape index (κ1) is 25.1. The average molecular weight is 494 g/mol. The summed E-state index contributed by atoms with van der Waals surface area (Å²) in [6.45, 7) is 1.37. The monoisotopic (exact) mass is 493 g/mol. The predicted octanol–water partition coefficient (Wildman–Crippen LogP) is 3.36. The van der Waals surface area contributed by atoms with Gasteiger partial charge in [0, 0.05) is 47.7 Å². The normalized spacial score (nSPS) is 11.8. The van der Waals surface area contributed by atoms with Crippen molar-refractivity contribution < 1.29 is 22.2 Å². The number of carbonyl (C=O) groups excluding carboxylic acids is 1. The first-order valence-electron chi connectivity index (χ1n) is 10.1. The second kappa shape index (κ2) is 11.6. The molecule has 1 heterocycles. The van der Waals surface area contributed by atoms with Gasteiger partial charge in [0.05, 0.1) is 11.3 Å². The van der Waals surface area contributed by atoms with Gasteiger partial charge < -0.3 is 10.6 Å². The zero-order valence-corrected chi connectivity index (χ0v) is 18.9. The van der Waals surface area contributed by atoms with Gasteiger partial charge in [0.2, 0.25) is 5.95 Å². The fourth-order valence-electron chi connectivity index (χ4n) is 2.98. The molecule has 0 saturated carbocycles. The van der Waals surface area contributed by atoms with Gasteiger partial charge >= 0.3 is 6.03 Å². The van der Waals surface area contributed by atoms with Crippen molar-refractivity contribution in [3.63, 3.8) is 0 Å². The maximum absolute atomic E-state index is 13.7. The Morgan fingerprint density at radius 2 is 1.76 bits per heavy atom. The van der Waals surface area contributed by atoms with E-state index in [-0.39, 0.29) is 11.5 Å². The van der Waals surface area contributed by atoms with E-state index in [2.05, 4.69) is 20.6 Å². The van der Waals surface area contributed by atoms with Gasteiger partial charge in [0.1, 0.15) is 5.82 Å². The average Bonchev–Trinajstić information content (AvgIpc) is 2.78. The number of carbonyl (C=O) groups is 1. The highest BCUT2D eigenvalue weighted by atomic mass is 32.2. The van der Waals surface area contributed by atoms with Gasteiger partial charge in [0.25, 0.3) is 5.56 Å². The van der Waals surface area contributed by atoms with E-state index in [0.29, 0.717) is 30.0 Å². The smallest absolute Gasteiger partial charge is 0.313 e. The lowest BCUT2D eigenvalue weighted by atomic mass is 10.1. The van der Waals surface area contributed by atoms with Crippen molar-refractivity contribution in [2.45, 2.75) is 13.0 Å². The third kappa shape index (κ3) is 6.99. The van der Waals surface area contributed by atoms with Crippen LogP contribution in [0.25, 0.3) is 11.1 Å². The van der Waals surface area contributed by atoms with Crippen molar-refractivity contribution in [1.29, 1.82) is 0 Å². The molecule has 8 nitrogen and oxygen atoms in total. The quantitative estimate of drug-likeness (QED) is 0.270. The summed E-state index contributed by atoms with van der Waals surface area (Å²) in [7, 11) is -0.804. The minimum absolute atomic E-state index is 0.219. The highest BCUT2D eigenvalue weighted by Crippen LogP contribution is 2.19. The van der Waals surface area contributed by atoms with Crippen molar-refractivity contribution in [2.75, 3.05) is 29.2 Å². The summed E-state index contributed by atoms with van der Waals surface area (Å²) in [5.74, 6) is -3.45. The van der Waals surface area contributed by atoms with E-state index in [4.69, 9.17) is 0 Å². The van der Waals surface area contributed by atoms with Crippen LogP contribution in [0, 0.1) is 17.5 Å². The molecule has 3 rings (SSSR count). The number of nitrogens with one attached hydrogen (secondary N) is 4. The van der Waals surface area contributed by atoms with Crippen LogP contribution in [0.3, 0.4) is 0 Å². The van der Waals surface area contributed by atoms with Crippen LogP contribution in [0.1, 0.15) is 12.0 Å².